The number of benzene rings is 1. The molecule has 3 rings (SSSR count). The largest absolute Gasteiger partial charge is 0.435 e. The van der Waals surface area contributed by atoms with E-state index in [1.54, 1.807) is 12.2 Å². The van der Waals surface area contributed by atoms with Crippen molar-refractivity contribution in [1.29, 1.82) is 5.26 Å². The highest BCUT2D eigenvalue weighted by Gasteiger charge is 2.51. The molecule has 9 nitrogen and oxygen atoms in total. The van der Waals surface area contributed by atoms with Crippen molar-refractivity contribution in [3.05, 3.63) is 34.1 Å². The monoisotopic (exact) mass is 510 g/mol. The van der Waals surface area contributed by atoms with Gasteiger partial charge >= 0.3 is 17.9 Å². The van der Waals surface area contributed by atoms with Gasteiger partial charge in [-0.1, -0.05) is 15.9 Å². The van der Waals surface area contributed by atoms with Crippen LogP contribution in [-0.2, 0) is 14.3 Å². The molecule has 0 radical (unpaired) electrons. The van der Waals surface area contributed by atoms with Crippen molar-refractivity contribution in [3.63, 3.8) is 0 Å². The van der Waals surface area contributed by atoms with Gasteiger partial charge in [-0.25, -0.2) is 14.6 Å². The van der Waals surface area contributed by atoms with Gasteiger partial charge in [0.25, 0.3) is 0 Å². The van der Waals surface area contributed by atoms with Gasteiger partial charge < -0.3 is 15.4 Å². The van der Waals surface area contributed by atoms with Gasteiger partial charge in [0.2, 0.25) is 0 Å². The quantitative estimate of drug-likeness (QED) is 0.535. The smallest absolute Gasteiger partial charge is 0.428 e. The average Bonchev–Trinajstić information content (AvgIpc) is 2.75. The summed E-state index contributed by atoms with van der Waals surface area (Å²) in [6, 6.07) is 5.75. The Morgan fingerprint density at radius 2 is 2.12 bits per heavy atom. The number of carbonyl (C=O) groups is 3. The minimum atomic E-state index is -2.80. The number of hydrogen-bond donors (Lipinski definition) is 3. The van der Waals surface area contributed by atoms with Gasteiger partial charge in [-0.3, -0.25) is 9.59 Å². The Morgan fingerprint density at radius 3 is 2.75 bits per heavy atom. The number of rotatable bonds is 4. The molecule has 1 aliphatic heterocycles. The summed E-state index contributed by atoms with van der Waals surface area (Å²) in [5.41, 5.74) is 1.19. The Hall–Kier alpha value is -3.00. The first-order chi connectivity index (χ1) is 16.3. The Bertz CT molecular complexity index is 1110. The number of hydrazone groups is 1. The summed E-state index contributed by atoms with van der Waals surface area (Å²) in [6.45, 7) is -1.19. The maximum atomic E-state index is 13.6. The summed E-state index contributed by atoms with van der Waals surface area (Å²) in [5.74, 6) is -2.86. The Kier molecular flexibility index (Phi) is 5.68. The number of ether oxygens (including phenoxy) is 1. The molecule has 0 unspecified atom stereocenters. The van der Waals surface area contributed by atoms with Crippen molar-refractivity contribution in [2.75, 3.05) is 6.98 Å². The molecule has 3 N–H and O–H groups in total. The van der Waals surface area contributed by atoms with E-state index >= 15 is 0 Å². The maximum absolute atomic E-state index is 13.6. The second kappa shape index (κ2) is 9.24. The van der Waals surface area contributed by atoms with Crippen molar-refractivity contribution >= 4 is 39.5 Å². The Balaban J connectivity index is 1.74. The van der Waals surface area contributed by atoms with Gasteiger partial charge in [0.1, 0.15) is 11.5 Å². The van der Waals surface area contributed by atoms with Crippen molar-refractivity contribution < 1.29 is 27.6 Å². The maximum Gasteiger partial charge on any atom is 0.428 e. The Morgan fingerprint density at radius 1 is 1.41 bits per heavy atom. The van der Waals surface area contributed by atoms with E-state index in [0.29, 0.717) is 15.7 Å². The van der Waals surface area contributed by atoms with Gasteiger partial charge in [-0.2, -0.15) is 10.4 Å². The lowest BCUT2D eigenvalue weighted by Gasteiger charge is -2.45. The van der Waals surface area contributed by atoms with Gasteiger partial charge in [0, 0.05) is 27.2 Å². The van der Waals surface area contributed by atoms with Crippen LogP contribution in [0.2, 0.25) is 0 Å². The minimum Gasteiger partial charge on any atom is -0.435 e. The van der Waals surface area contributed by atoms with Gasteiger partial charge in [-0.05, 0) is 57.2 Å². The first-order valence-corrected chi connectivity index (χ1v) is 10.6. The molecule has 1 atom stereocenters. The molecule has 0 bridgehead atoms. The molecule has 1 aromatic carbocycles. The van der Waals surface area contributed by atoms with Crippen LogP contribution in [0.15, 0.2) is 27.8 Å². The molecule has 1 fully saturated rings. The predicted molar refractivity (Wildman–Crippen MR) is 116 cm³/mol. The molecule has 1 heterocycles. The third-order valence-corrected chi connectivity index (χ3v) is 6.47. The fraction of sp³-hybridized carbons (Fsp3) is 0.476. The average molecular weight is 511 g/mol. The molecular formula is C21H23BrFN5O4. The first kappa shape index (κ1) is 19.7. The summed E-state index contributed by atoms with van der Waals surface area (Å²) in [5, 5.41) is 18.2. The van der Waals surface area contributed by atoms with E-state index in [9.17, 15) is 24.0 Å². The zero-order chi connectivity index (χ0) is 26.0. The highest BCUT2D eigenvalue weighted by molar-refractivity contribution is 9.10. The molecule has 1 saturated carbocycles. The van der Waals surface area contributed by atoms with E-state index < -0.39 is 47.8 Å². The molecular weight excluding hydrogens is 485 g/mol. The van der Waals surface area contributed by atoms with Crippen LogP contribution in [0.1, 0.15) is 48.7 Å². The number of hydrogen-bond acceptors (Lipinski definition) is 6. The highest BCUT2D eigenvalue weighted by Crippen LogP contribution is 2.47. The van der Waals surface area contributed by atoms with Crippen LogP contribution in [0.3, 0.4) is 0 Å². The van der Waals surface area contributed by atoms with Gasteiger partial charge in [-0.15, -0.1) is 0 Å². The number of nitriles is 1. The molecule has 0 saturated heterocycles. The van der Waals surface area contributed by atoms with E-state index in [-0.39, 0.29) is 32.1 Å². The van der Waals surface area contributed by atoms with Crippen LogP contribution < -0.4 is 16.1 Å². The normalized spacial score (nSPS) is 27.4. The zero-order valence-electron chi connectivity index (χ0n) is 20.1. The third-order valence-electron chi connectivity index (χ3n) is 5.81. The van der Waals surface area contributed by atoms with E-state index in [2.05, 4.69) is 37.8 Å². The van der Waals surface area contributed by atoms with E-state index in [4.69, 9.17) is 8.85 Å². The fourth-order valence-corrected chi connectivity index (χ4v) is 4.79. The van der Waals surface area contributed by atoms with E-state index in [1.807, 2.05) is 0 Å². The molecule has 32 heavy (non-hydrogen) atoms. The SMILES string of the molecule is [2H]C([2H])([2H])NC(=O)C(=O)N[C@@H](C)CC1(C#N)CCC2(CC1)OC(=O)NN=C2c1ccc(F)cc1Br. The number of halogens is 2. The summed E-state index contributed by atoms with van der Waals surface area (Å²) >= 11 is 3.32. The predicted octanol–water partition coefficient (Wildman–Crippen LogP) is 2.50. The van der Waals surface area contributed by atoms with Gasteiger partial charge in [0.05, 0.1) is 11.5 Å². The van der Waals surface area contributed by atoms with E-state index in [1.165, 1.54) is 18.2 Å². The molecule has 1 aliphatic carbocycles. The van der Waals surface area contributed by atoms with Crippen LogP contribution in [0, 0.1) is 22.6 Å². The first-order valence-electron chi connectivity index (χ1n) is 11.3. The summed E-state index contributed by atoms with van der Waals surface area (Å²) in [7, 11) is 0. The van der Waals surface area contributed by atoms with Crippen molar-refractivity contribution in [3.8, 4) is 6.07 Å². The van der Waals surface area contributed by atoms with Crippen LogP contribution in [0.25, 0.3) is 0 Å². The second-order valence-corrected chi connectivity index (χ2v) is 8.86. The standard InChI is InChI=1S/C21H23BrFN5O4/c1-12(26-18(30)17(29)25-2)10-20(11-24)5-7-21(8-6-20)16(27-28-19(31)32-21)14-4-3-13(23)9-15(14)22/h3-4,9,12H,5-8,10H2,1-2H3,(H,25,29)(H,26,30)(H,28,31)/t12-,20?,21?/m0/s1/i2D3. The van der Waals surface area contributed by atoms with Crippen molar-refractivity contribution in [1.82, 2.24) is 16.1 Å². The number of nitrogens with one attached hydrogen (secondary N) is 3. The topological polar surface area (TPSA) is 133 Å². The van der Waals surface area contributed by atoms with Crippen molar-refractivity contribution in [2.24, 2.45) is 10.5 Å². The molecule has 0 aromatic heterocycles. The van der Waals surface area contributed by atoms with Crippen LogP contribution in [-0.4, -0.2) is 42.2 Å². The van der Waals surface area contributed by atoms with Crippen LogP contribution in [0.4, 0.5) is 9.18 Å². The molecule has 2 aliphatic rings. The summed E-state index contributed by atoms with van der Waals surface area (Å²) in [4.78, 5) is 35.8. The van der Waals surface area contributed by atoms with Crippen LogP contribution in [0.5, 0.6) is 0 Å². The Labute approximate surface area is 197 Å². The summed E-state index contributed by atoms with van der Waals surface area (Å²) in [6.07, 6.45) is 0.517. The fourth-order valence-electron chi connectivity index (χ4n) is 4.26. The molecule has 3 amide bonds. The molecule has 11 heteroatoms. The van der Waals surface area contributed by atoms with Crippen LogP contribution >= 0.6 is 15.9 Å². The third kappa shape index (κ3) is 4.75. The lowest BCUT2D eigenvalue weighted by Crippen LogP contribution is -2.54. The molecule has 170 valence electrons. The van der Waals surface area contributed by atoms with Crippen molar-refractivity contribution in [2.45, 2.75) is 50.7 Å². The number of nitrogens with zero attached hydrogens (tertiary/aromatic N) is 2. The number of amides is 3. The molecule has 1 spiro atoms. The zero-order valence-corrected chi connectivity index (χ0v) is 18.7. The second-order valence-electron chi connectivity index (χ2n) is 8.01. The highest BCUT2D eigenvalue weighted by atomic mass is 79.9. The number of carbonyl (C=O) groups excluding carboxylic acids is 3. The number of likely N-dealkylation sites (N-methyl/N-ethyl adjacent to an activating group) is 1. The molecule has 1 aromatic rings. The minimum absolute atomic E-state index is 0.186. The summed E-state index contributed by atoms with van der Waals surface area (Å²) < 4.78 is 40.8. The lowest BCUT2D eigenvalue weighted by atomic mass is 9.65. The van der Waals surface area contributed by atoms with Gasteiger partial charge in [0.15, 0.2) is 5.60 Å². The lowest BCUT2D eigenvalue weighted by molar-refractivity contribution is -0.139. The van der Waals surface area contributed by atoms with E-state index in [0.717, 1.165) is 0 Å².